The van der Waals surface area contributed by atoms with E-state index in [-0.39, 0.29) is 48.3 Å². The van der Waals surface area contributed by atoms with Crippen molar-refractivity contribution in [1.29, 1.82) is 0 Å². The number of ether oxygens (including phenoxy) is 2. The van der Waals surface area contributed by atoms with Crippen LogP contribution in [0.3, 0.4) is 0 Å². The molecule has 61 heavy (non-hydrogen) atoms. The summed E-state index contributed by atoms with van der Waals surface area (Å²) in [7, 11) is -0.943. The van der Waals surface area contributed by atoms with Gasteiger partial charge in [0.2, 0.25) is 5.91 Å². The van der Waals surface area contributed by atoms with E-state index in [1.807, 2.05) is 53.4 Å². The zero-order valence-corrected chi connectivity index (χ0v) is 37.5. The molecule has 0 aliphatic carbocycles. The summed E-state index contributed by atoms with van der Waals surface area (Å²) < 4.78 is 12.9. The lowest BCUT2D eigenvalue weighted by Crippen LogP contribution is -2.52. The summed E-state index contributed by atoms with van der Waals surface area (Å²) in [4.78, 5) is 47.4. The Kier molecular flexibility index (Phi) is 12.8. The molecule has 5 atom stereocenters. The van der Waals surface area contributed by atoms with Crippen molar-refractivity contribution < 1.29 is 29.0 Å². The number of aliphatic hydroxyl groups is 1. The molecule has 3 aliphatic rings. The van der Waals surface area contributed by atoms with Crippen molar-refractivity contribution in [3.05, 3.63) is 137 Å². The highest BCUT2D eigenvalue weighted by Crippen LogP contribution is 2.60. The van der Waals surface area contributed by atoms with E-state index >= 15 is 4.79 Å². The van der Waals surface area contributed by atoms with Crippen molar-refractivity contribution in [2.75, 3.05) is 36.2 Å². The molecule has 3 amide bonds. The number of hydrogen-bond acceptors (Lipinski definition) is 7. The molecule has 1 fully saturated rings. The molecule has 4 aromatic rings. The number of aliphatic hydroxyl groups excluding tert-OH is 1. The zero-order valence-electron chi connectivity index (χ0n) is 36.5. The predicted octanol–water partition coefficient (Wildman–Crippen LogP) is 8.12. The first kappa shape index (κ1) is 43.6. The molecular formula is C50H60N4O6Si. The van der Waals surface area contributed by atoms with Crippen LogP contribution in [0.5, 0.6) is 5.75 Å². The number of nitrogens with two attached hydrogens (primary N) is 1. The molecule has 4 N–H and O–H groups in total. The SMILES string of the molecule is COc1ccc([Si](C)(C)[C@@H]2[C@@H](CC(=O)N3Cc4ccccc4C[C@H]3CO)O[C@]3(C(=O)N(C/C=C(\C)CCC=C(C)C)c4ccc(NC(=O)c5ccc(N)cc5)cc43)[C@H]2C)cc1. The third-order valence-electron chi connectivity index (χ3n) is 13.2. The first-order valence-corrected chi connectivity index (χ1v) is 24.5. The second kappa shape index (κ2) is 17.8. The summed E-state index contributed by atoms with van der Waals surface area (Å²) in [5, 5.41) is 14.8. The summed E-state index contributed by atoms with van der Waals surface area (Å²) in [6.45, 7) is 13.6. The number of rotatable bonds is 13. The van der Waals surface area contributed by atoms with Gasteiger partial charge < -0.3 is 35.4 Å². The molecular weight excluding hydrogens is 781 g/mol. The number of nitrogens with zero attached hydrogens (tertiary/aromatic N) is 2. The third kappa shape index (κ3) is 8.56. The van der Waals surface area contributed by atoms with Gasteiger partial charge in [-0.1, -0.05) is 84.9 Å². The molecule has 3 heterocycles. The Morgan fingerprint density at radius 3 is 2.36 bits per heavy atom. The number of carbonyl (C=O) groups excluding carboxylic acids is 3. The maximum absolute atomic E-state index is 15.5. The van der Waals surface area contributed by atoms with Crippen molar-refractivity contribution in [2.45, 2.75) is 96.3 Å². The number of nitrogens with one attached hydrogen (secondary N) is 1. The number of benzene rings is 4. The van der Waals surface area contributed by atoms with E-state index < -0.39 is 19.8 Å². The number of amides is 3. The Labute approximate surface area is 361 Å². The zero-order chi connectivity index (χ0) is 43.6. The number of carbonyl (C=O) groups is 3. The molecule has 7 rings (SSSR count). The lowest BCUT2D eigenvalue weighted by atomic mass is 9.82. The van der Waals surface area contributed by atoms with Crippen LogP contribution in [0, 0.1) is 5.92 Å². The normalized spacial score (nSPS) is 22.2. The number of hydrogen-bond donors (Lipinski definition) is 3. The van der Waals surface area contributed by atoms with Crippen molar-refractivity contribution in [1.82, 2.24) is 4.90 Å². The highest BCUT2D eigenvalue weighted by molar-refractivity contribution is 6.91. The van der Waals surface area contributed by atoms with Gasteiger partial charge in [-0.05, 0) is 111 Å². The molecule has 0 bridgehead atoms. The molecule has 0 saturated carbocycles. The number of methoxy groups -OCH3 is 1. The maximum Gasteiger partial charge on any atom is 0.264 e. The van der Waals surface area contributed by atoms with Crippen LogP contribution in [0.1, 0.15) is 74.0 Å². The van der Waals surface area contributed by atoms with E-state index in [9.17, 15) is 14.7 Å². The van der Waals surface area contributed by atoms with Crippen LogP contribution in [-0.4, -0.2) is 68.2 Å². The van der Waals surface area contributed by atoms with Crippen LogP contribution < -0.4 is 25.9 Å². The van der Waals surface area contributed by atoms with Gasteiger partial charge in [0.25, 0.3) is 11.8 Å². The minimum atomic E-state index is -2.59. The Hall–Kier alpha value is -5.49. The van der Waals surface area contributed by atoms with Crippen LogP contribution >= 0.6 is 0 Å². The van der Waals surface area contributed by atoms with Gasteiger partial charge in [0.05, 0.1) is 46.0 Å². The van der Waals surface area contributed by atoms with E-state index in [2.05, 4.69) is 76.5 Å². The quantitative estimate of drug-likeness (QED) is 0.0704. The van der Waals surface area contributed by atoms with E-state index in [1.165, 1.54) is 11.1 Å². The highest BCUT2D eigenvalue weighted by Gasteiger charge is 2.66. The Morgan fingerprint density at radius 1 is 0.984 bits per heavy atom. The molecule has 0 unspecified atom stereocenters. The minimum Gasteiger partial charge on any atom is -0.497 e. The second-order valence-corrected chi connectivity index (χ2v) is 22.5. The predicted molar refractivity (Wildman–Crippen MR) is 246 cm³/mol. The fourth-order valence-corrected chi connectivity index (χ4v) is 13.9. The summed E-state index contributed by atoms with van der Waals surface area (Å²) in [5.74, 6) is -0.214. The fourth-order valence-electron chi connectivity index (χ4n) is 9.88. The average Bonchev–Trinajstić information content (AvgIpc) is 3.67. The maximum atomic E-state index is 15.5. The van der Waals surface area contributed by atoms with Gasteiger partial charge in [0.1, 0.15) is 5.75 Å². The van der Waals surface area contributed by atoms with Gasteiger partial charge >= 0.3 is 0 Å². The molecule has 3 aliphatic heterocycles. The van der Waals surface area contributed by atoms with Crippen LogP contribution in [0.25, 0.3) is 0 Å². The fraction of sp³-hybridized carbons (Fsp3) is 0.380. The Bertz CT molecular complexity index is 2340. The van der Waals surface area contributed by atoms with Crippen LogP contribution in [0.4, 0.5) is 17.1 Å². The Balaban J connectivity index is 1.31. The minimum absolute atomic E-state index is 0.0432. The molecule has 1 saturated heterocycles. The van der Waals surface area contributed by atoms with Gasteiger partial charge in [0, 0.05) is 41.5 Å². The van der Waals surface area contributed by atoms with Crippen molar-refractivity contribution >= 4 is 48.0 Å². The van der Waals surface area contributed by atoms with Crippen molar-refractivity contribution in [2.24, 2.45) is 5.92 Å². The number of allylic oxidation sites excluding steroid dienone is 3. The smallest absolute Gasteiger partial charge is 0.264 e. The number of anilines is 3. The first-order valence-electron chi connectivity index (χ1n) is 21.4. The molecule has 320 valence electrons. The molecule has 11 heteroatoms. The largest absolute Gasteiger partial charge is 0.497 e. The van der Waals surface area contributed by atoms with Crippen molar-refractivity contribution in [3.8, 4) is 5.75 Å². The van der Waals surface area contributed by atoms with Gasteiger partial charge in [-0.3, -0.25) is 14.4 Å². The van der Waals surface area contributed by atoms with Gasteiger partial charge in [-0.25, -0.2) is 0 Å². The molecule has 1 spiro atoms. The summed E-state index contributed by atoms with van der Waals surface area (Å²) in [5.41, 5.74) is 11.8. The topological polar surface area (TPSA) is 134 Å². The summed E-state index contributed by atoms with van der Waals surface area (Å²) in [6.07, 6.45) is 6.10. The van der Waals surface area contributed by atoms with Gasteiger partial charge in [0.15, 0.2) is 5.60 Å². The van der Waals surface area contributed by atoms with E-state index in [0.717, 1.165) is 40.6 Å². The molecule has 4 aromatic carbocycles. The standard InChI is InChI=1S/C50H60N4O6Si/c1-32(2)11-10-12-33(3)25-26-53-44-24-19-39(52-48(57)35-15-17-38(51)18-16-35)28-43(44)50(49(53)58)34(4)47(61(6,7)42-22-20-41(59-5)21-23-42)45(60-50)29-46(56)54-30-37-14-9-8-13-36(37)27-40(54)31-55/h8-9,11,13-25,28,34,40,45,47,55H,10,12,26-27,29-31,51H2,1-7H3,(H,52,57)/b33-25+/t34-,40-,45+,47-,50+/m0/s1. The molecule has 0 aromatic heterocycles. The number of nitrogen functional groups attached to an aromatic ring is 1. The van der Waals surface area contributed by atoms with Gasteiger partial charge in [-0.2, -0.15) is 0 Å². The van der Waals surface area contributed by atoms with E-state index in [4.69, 9.17) is 15.2 Å². The first-order chi connectivity index (χ1) is 29.2. The van der Waals surface area contributed by atoms with Gasteiger partial charge in [-0.15, -0.1) is 0 Å². The van der Waals surface area contributed by atoms with Crippen molar-refractivity contribution in [3.63, 3.8) is 0 Å². The highest BCUT2D eigenvalue weighted by atomic mass is 28.3. The monoisotopic (exact) mass is 840 g/mol. The van der Waals surface area contributed by atoms with E-state index in [1.54, 1.807) is 36.3 Å². The molecule has 10 nitrogen and oxygen atoms in total. The lowest BCUT2D eigenvalue weighted by molar-refractivity contribution is -0.150. The summed E-state index contributed by atoms with van der Waals surface area (Å²) in [6, 6.07) is 28.2. The summed E-state index contributed by atoms with van der Waals surface area (Å²) >= 11 is 0. The van der Waals surface area contributed by atoms with Crippen LogP contribution in [0.2, 0.25) is 18.6 Å². The molecule has 0 radical (unpaired) electrons. The van der Waals surface area contributed by atoms with E-state index in [0.29, 0.717) is 42.0 Å². The number of fused-ring (bicyclic) bond motifs is 3. The second-order valence-electron chi connectivity index (χ2n) is 17.8. The third-order valence-corrected chi connectivity index (χ3v) is 17.6. The average molecular weight is 841 g/mol. The lowest BCUT2D eigenvalue weighted by Gasteiger charge is -2.39. The van der Waals surface area contributed by atoms with Crippen LogP contribution in [0.15, 0.2) is 114 Å². The Morgan fingerprint density at radius 2 is 1.69 bits per heavy atom. The van der Waals surface area contributed by atoms with Crippen LogP contribution in [-0.2, 0) is 32.9 Å².